The molecule has 25 heavy (non-hydrogen) atoms. The quantitative estimate of drug-likeness (QED) is 0.483. The molecule has 7 nitrogen and oxygen atoms in total. The third-order valence-electron chi connectivity index (χ3n) is 3.38. The number of carbonyl (C=O) groups is 1. The van der Waals surface area contributed by atoms with Crippen LogP contribution in [0.15, 0.2) is 42.5 Å². The molecule has 130 valence electrons. The van der Waals surface area contributed by atoms with E-state index >= 15 is 0 Å². The number of hydrogen-bond acceptors (Lipinski definition) is 5. The third kappa shape index (κ3) is 4.74. The van der Waals surface area contributed by atoms with Crippen LogP contribution in [-0.2, 0) is 0 Å². The molecule has 2 aromatic rings. The first kappa shape index (κ1) is 18.3. The molecule has 2 N–H and O–H groups in total. The largest absolute Gasteiger partial charge is 0.494 e. The number of nitrogens with one attached hydrogen (secondary N) is 2. The zero-order chi connectivity index (χ0) is 18.4. The van der Waals surface area contributed by atoms with Crippen molar-refractivity contribution in [3.05, 3.63) is 63.7 Å². The summed E-state index contributed by atoms with van der Waals surface area (Å²) in [5, 5.41) is 16.4. The molecule has 0 heterocycles. The molecule has 0 aliphatic carbocycles. The van der Waals surface area contributed by atoms with Gasteiger partial charge >= 0.3 is 0 Å². The number of hydrogen-bond donors (Lipinski definition) is 2. The molecular weight excluding hydrogens is 342 g/mol. The lowest BCUT2D eigenvalue weighted by Gasteiger charge is -2.12. The molecule has 0 fully saturated rings. The summed E-state index contributed by atoms with van der Waals surface area (Å²) in [7, 11) is 0. The first-order valence-electron chi connectivity index (χ1n) is 7.51. The highest BCUT2D eigenvalue weighted by molar-refractivity contribution is 7.80. The Hall–Kier alpha value is -3.00. The van der Waals surface area contributed by atoms with Gasteiger partial charge in [0.25, 0.3) is 11.6 Å². The molecule has 2 rings (SSSR count). The number of thiocarbonyl (C=S) groups is 1. The second-order valence-electron chi connectivity index (χ2n) is 5.08. The number of amides is 1. The van der Waals surface area contributed by atoms with Gasteiger partial charge in [-0.15, -0.1) is 0 Å². The van der Waals surface area contributed by atoms with Gasteiger partial charge in [-0.25, -0.2) is 0 Å². The maximum absolute atomic E-state index is 12.3. The normalized spacial score (nSPS) is 10.0. The number of anilines is 1. The van der Waals surface area contributed by atoms with Crippen molar-refractivity contribution >= 4 is 34.6 Å². The average molecular weight is 359 g/mol. The predicted molar refractivity (Wildman–Crippen MR) is 99.1 cm³/mol. The number of benzene rings is 2. The zero-order valence-electron chi connectivity index (χ0n) is 13.7. The van der Waals surface area contributed by atoms with E-state index in [-0.39, 0.29) is 10.8 Å². The highest BCUT2D eigenvalue weighted by Crippen LogP contribution is 2.24. The molecule has 0 saturated carbocycles. The lowest BCUT2D eigenvalue weighted by atomic mass is 10.1. The summed E-state index contributed by atoms with van der Waals surface area (Å²) in [4.78, 5) is 22.8. The fourth-order valence-corrected chi connectivity index (χ4v) is 2.38. The first-order valence-corrected chi connectivity index (χ1v) is 7.92. The fraction of sp³-hybridized carbons (Fsp3) is 0.176. The van der Waals surface area contributed by atoms with Crippen molar-refractivity contribution in [2.24, 2.45) is 0 Å². The van der Waals surface area contributed by atoms with Crippen LogP contribution in [0.2, 0.25) is 0 Å². The Morgan fingerprint density at radius 1 is 1.28 bits per heavy atom. The molecule has 0 unspecified atom stereocenters. The minimum atomic E-state index is -0.471. The SMILES string of the molecule is CCOc1cccc(C(=O)NC(=S)Nc2cccc([N+](=O)[O-])c2C)c1. The van der Waals surface area contributed by atoms with Gasteiger partial charge in [-0.3, -0.25) is 20.2 Å². The van der Waals surface area contributed by atoms with E-state index in [0.29, 0.717) is 29.2 Å². The summed E-state index contributed by atoms with van der Waals surface area (Å²) in [5.74, 6) is 0.186. The highest BCUT2D eigenvalue weighted by Gasteiger charge is 2.15. The number of carbonyl (C=O) groups excluding carboxylic acids is 1. The maximum Gasteiger partial charge on any atom is 0.274 e. The molecule has 0 aliphatic heterocycles. The van der Waals surface area contributed by atoms with Crippen LogP contribution in [0.5, 0.6) is 5.75 Å². The summed E-state index contributed by atoms with van der Waals surface area (Å²) >= 11 is 5.12. The van der Waals surface area contributed by atoms with Crippen LogP contribution < -0.4 is 15.4 Å². The number of rotatable bonds is 5. The number of ether oxygens (including phenoxy) is 1. The lowest BCUT2D eigenvalue weighted by molar-refractivity contribution is -0.385. The summed E-state index contributed by atoms with van der Waals surface area (Å²) in [6.07, 6.45) is 0. The molecule has 0 radical (unpaired) electrons. The molecule has 0 spiro atoms. The number of nitrogens with zero attached hydrogens (tertiary/aromatic N) is 1. The van der Waals surface area contributed by atoms with Gasteiger partial charge in [0.2, 0.25) is 0 Å². The minimum Gasteiger partial charge on any atom is -0.494 e. The van der Waals surface area contributed by atoms with Crippen molar-refractivity contribution in [3.8, 4) is 5.75 Å². The van der Waals surface area contributed by atoms with Crippen molar-refractivity contribution in [1.29, 1.82) is 0 Å². The van der Waals surface area contributed by atoms with E-state index in [4.69, 9.17) is 17.0 Å². The van der Waals surface area contributed by atoms with E-state index in [2.05, 4.69) is 10.6 Å². The lowest BCUT2D eigenvalue weighted by Crippen LogP contribution is -2.34. The molecule has 0 saturated heterocycles. The molecule has 0 aliphatic rings. The smallest absolute Gasteiger partial charge is 0.274 e. The van der Waals surface area contributed by atoms with Crippen LogP contribution >= 0.6 is 12.2 Å². The van der Waals surface area contributed by atoms with Crippen molar-refractivity contribution in [1.82, 2.24) is 5.32 Å². The Morgan fingerprint density at radius 2 is 2.00 bits per heavy atom. The van der Waals surface area contributed by atoms with E-state index in [9.17, 15) is 14.9 Å². The topological polar surface area (TPSA) is 93.5 Å². The van der Waals surface area contributed by atoms with Gasteiger partial charge in [-0.05, 0) is 50.3 Å². The van der Waals surface area contributed by atoms with E-state index in [1.165, 1.54) is 6.07 Å². The molecule has 2 aromatic carbocycles. The highest BCUT2D eigenvalue weighted by atomic mass is 32.1. The van der Waals surface area contributed by atoms with Crippen LogP contribution in [0, 0.1) is 17.0 Å². The molecule has 0 bridgehead atoms. The van der Waals surface area contributed by atoms with E-state index in [1.54, 1.807) is 43.3 Å². The van der Waals surface area contributed by atoms with E-state index < -0.39 is 10.8 Å². The third-order valence-corrected chi connectivity index (χ3v) is 3.59. The molecule has 8 heteroatoms. The summed E-state index contributed by atoms with van der Waals surface area (Å²) in [5.41, 5.74) is 1.26. The number of nitro groups is 1. The second kappa shape index (κ2) is 8.20. The van der Waals surface area contributed by atoms with Gasteiger partial charge in [-0.1, -0.05) is 12.1 Å². The van der Waals surface area contributed by atoms with Crippen LogP contribution in [0.25, 0.3) is 0 Å². The van der Waals surface area contributed by atoms with Crippen LogP contribution in [0.1, 0.15) is 22.8 Å². The average Bonchev–Trinajstić information content (AvgIpc) is 2.57. The zero-order valence-corrected chi connectivity index (χ0v) is 14.6. The summed E-state index contributed by atoms with van der Waals surface area (Å²) in [6, 6.07) is 11.3. The van der Waals surface area contributed by atoms with E-state index in [1.807, 2.05) is 6.92 Å². The van der Waals surface area contributed by atoms with Gasteiger partial charge in [0.1, 0.15) is 5.75 Å². The first-order chi connectivity index (χ1) is 11.9. The van der Waals surface area contributed by atoms with Gasteiger partial charge < -0.3 is 10.1 Å². The van der Waals surface area contributed by atoms with Gasteiger partial charge in [0, 0.05) is 11.6 Å². The maximum atomic E-state index is 12.3. The fourth-order valence-electron chi connectivity index (χ4n) is 2.18. The Bertz CT molecular complexity index is 823. The van der Waals surface area contributed by atoms with Gasteiger partial charge in [0.15, 0.2) is 5.11 Å². The Balaban J connectivity index is 2.08. The molecular formula is C17H17N3O4S. The van der Waals surface area contributed by atoms with Crippen molar-refractivity contribution in [2.45, 2.75) is 13.8 Å². The van der Waals surface area contributed by atoms with Gasteiger partial charge in [-0.2, -0.15) is 0 Å². The van der Waals surface area contributed by atoms with E-state index in [0.717, 1.165) is 0 Å². The Morgan fingerprint density at radius 3 is 2.68 bits per heavy atom. The molecule has 0 aromatic heterocycles. The summed E-state index contributed by atoms with van der Waals surface area (Å²) < 4.78 is 5.36. The standard InChI is InChI=1S/C17H17N3O4S/c1-3-24-13-7-4-6-12(10-13)16(21)19-17(25)18-14-8-5-9-15(11(14)2)20(22)23/h4-10H,3H2,1-2H3,(H2,18,19,21,25). The monoisotopic (exact) mass is 359 g/mol. The van der Waals surface area contributed by atoms with Crippen LogP contribution in [0.4, 0.5) is 11.4 Å². The minimum absolute atomic E-state index is 0.0245. The van der Waals surface area contributed by atoms with Gasteiger partial charge in [0.05, 0.1) is 22.8 Å². The van der Waals surface area contributed by atoms with Crippen LogP contribution in [-0.4, -0.2) is 22.5 Å². The summed E-state index contributed by atoms with van der Waals surface area (Å²) in [6.45, 7) is 3.96. The Kier molecular flexibility index (Phi) is 6.02. The Labute approximate surface area is 150 Å². The number of nitro benzene ring substituents is 1. The van der Waals surface area contributed by atoms with Crippen molar-refractivity contribution < 1.29 is 14.5 Å². The predicted octanol–water partition coefficient (Wildman–Crippen LogP) is 3.43. The van der Waals surface area contributed by atoms with Crippen molar-refractivity contribution in [3.63, 3.8) is 0 Å². The second-order valence-corrected chi connectivity index (χ2v) is 5.48. The van der Waals surface area contributed by atoms with Crippen molar-refractivity contribution in [2.75, 3.05) is 11.9 Å². The molecule has 1 amide bonds. The molecule has 0 atom stereocenters. The van der Waals surface area contributed by atoms with Crippen LogP contribution in [0.3, 0.4) is 0 Å².